The molecule has 0 aliphatic rings. The molecule has 0 aliphatic heterocycles. The van der Waals surface area contributed by atoms with Crippen LogP contribution in [0.2, 0.25) is 5.02 Å². The van der Waals surface area contributed by atoms with E-state index in [1.165, 1.54) is 6.42 Å². The number of benzene rings is 1. The van der Waals surface area contributed by atoms with E-state index in [1.54, 1.807) is 25.3 Å². The highest BCUT2D eigenvalue weighted by molar-refractivity contribution is 6.32. The summed E-state index contributed by atoms with van der Waals surface area (Å²) in [6, 6.07) is 5.20. The normalized spacial score (nSPS) is 12.2. The Bertz CT molecular complexity index is 401. The van der Waals surface area contributed by atoms with Gasteiger partial charge >= 0.3 is 0 Å². The average molecular weight is 269 g/mol. The van der Waals surface area contributed by atoms with Crippen LogP contribution in [0.3, 0.4) is 0 Å². The van der Waals surface area contributed by atoms with E-state index in [-0.39, 0.29) is 5.78 Å². The summed E-state index contributed by atoms with van der Waals surface area (Å²) in [6.07, 6.45) is 3.80. The third-order valence-corrected chi connectivity index (χ3v) is 3.57. The Morgan fingerprint density at radius 2 is 2.17 bits per heavy atom. The highest BCUT2D eigenvalue weighted by Crippen LogP contribution is 2.25. The molecular weight excluding hydrogens is 248 g/mol. The Balaban J connectivity index is 2.54. The lowest BCUT2D eigenvalue weighted by Gasteiger charge is -2.08. The van der Waals surface area contributed by atoms with Crippen LogP contribution in [0, 0.1) is 5.92 Å². The van der Waals surface area contributed by atoms with Crippen molar-refractivity contribution in [3.63, 3.8) is 0 Å². The molecule has 0 fully saturated rings. The number of carbonyl (C=O) groups excluding carboxylic acids is 1. The maximum absolute atomic E-state index is 12.0. The van der Waals surface area contributed by atoms with Crippen molar-refractivity contribution in [3.05, 3.63) is 28.8 Å². The van der Waals surface area contributed by atoms with Gasteiger partial charge in [0.25, 0.3) is 0 Å². The first-order chi connectivity index (χ1) is 8.58. The summed E-state index contributed by atoms with van der Waals surface area (Å²) in [4.78, 5) is 12.0. The number of hydrogen-bond donors (Lipinski definition) is 0. The average Bonchev–Trinajstić information content (AvgIpc) is 2.38. The molecule has 2 nitrogen and oxygen atoms in total. The molecule has 0 bridgehead atoms. The summed E-state index contributed by atoms with van der Waals surface area (Å²) in [5, 5.41) is 0.491. The third kappa shape index (κ3) is 4.34. The number of carbonyl (C=O) groups is 1. The molecule has 3 heteroatoms. The Kier molecular flexibility index (Phi) is 6.20. The topological polar surface area (TPSA) is 26.3 Å². The van der Waals surface area contributed by atoms with Gasteiger partial charge < -0.3 is 4.74 Å². The summed E-state index contributed by atoms with van der Waals surface area (Å²) < 4.78 is 5.06. The number of ether oxygens (including phenoxy) is 1. The molecule has 1 aromatic carbocycles. The molecule has 0 aliphatic carbocycles. The van der Waals surface area contributed by atoms with Crippen LogP contribution >= 0.6 is 11.6 Å². The molecule has 0 N–H and O–H groups in total. The lowest BCUT2D eigenvalue weighted by atomic mass is 9.98. The Morgan fingerprint density at radius 1 is 1.44 bits per heavy atom. The van der Waals surface area contributed by atoms with Crippen molar-refractivity contribution in [2.45, 2.75) is 39.5 Å². The number of ketones is 1. The van der Waals surface area contributed by atoms with Crippen LogP contribution < -0.4 is 4.74 Å². The molecule has 100 valence electrons. The molecule has 0 saturated carbocycles. The predicted molar refractivity (Wildman–Crippen MR) is 75.6 cm³/mol. The Morgan fingerprint density at radius 3 is 2.72 bits per heavy atom. The van der Waals surface area contributed by atoms with E-state index in [2.05, 4.69) is 13.8 Å². The lowest BCUT2D eigenvalue weighted by molar-refractivity contribution is 0.0978. The van der Waals surface area contributed by atoms with Gasteiger partial charge in [-0.25, -0.2) is 0 Å². The summed E-state index contributed by atoms with van der Waals surface area (Å²) in [5.41, 5.74) is 0.671. The van der Waals surface area contributed by atoms with Crippen molar-refractivity contribution in [2.75, 3.05) is 7.11 Å². The van der Waals surface area contributed by atoms with Crippen molar-refractivity contribution in [2.24, 2.45) is 5.92 Å². The van der Waals surface area contributed by atoms with Gasteiger partial charge in [-0.15, -0.1) is 0 Å². The van der Waals surface area contributed by atoms with E-state index >= 15 is 0 Å². The van der Waals surface area contributed by atoms with Crippen molar-refractivity contribution in [1.29, 1.82) is 0 Å². The van der Waals surface area contributed by atoms with Gasteiger partial charge in [0.15, 0.2) is 5.78 Å². The first-order valence-electron chi connectivity index (χ1n) is 6.45. The minimum atomic E-state index is 0.155. The summed E-state index contributed by atoms with van der Waals surface area (Å²) in [5.74, 6) is 1.45. The number of halogens is 1. The van der Waals surface area contributed by atoms with Gasteiger partial charge in [-0.2, -0.15) is 0 Å². The number of hydrogen-bond acceptors (Lipinski definition) is 2. The van der Waals surface area contributed by atoms with E-state index < -0.39 is 0 Å². The van der Waals surface area contributed by atoms with Gasteiger partial charge in [0, 0.05) is 12.0 Å². The minimum Gasteiger partial charge on any atom is -0.495 e. The summed E-state index contributed by atoms with van der Waals surface area (Å²) in [7, 11) is 1.56. The zero-order valence-electron chi connectivity index (χ0n) is 11.3. The van der Waals surface area contributed by atoms with Crippen LogP contribution in [0.15, 0.2) is 18.2 Å². The fraction of sp³-hybridized carbons (Fsp3) is 0.533. The van der Waals surface area contributed by atoms with E-state index in [9.17, 15) is 4.79 Å². The van der Waals surface area contributed by atoms with Crippen molar-refractivity contribution < 1.29 is 9.53 Å². The van der Waals surface area contributed by atoms with E-state index in [1.807, 2.05) is 0 Å². The second-order valence-corrected chi connectivity index (χ2v) is 5.09. The quantitative estimate of drug-likeness (QED) is 0.667. The largest absolute Gasteiger partial charge is 0.495 e. The SMILES string of the molecule is CCC(C)CCCC(=O)c1ccc(OC)c(Cl)c1. The van der Waals surface area contributed by atoms with Crippen LogP contribution in [0.4, 0.5) is 0 Å². The van der Waals surface area contributed by atoms with Crippen LogP contribution in [-0.2, 0) is 0 Å². The van der Waals surface area contributed by atoms with Crippen molar-refractivity contribution >= 4 is 17.4 Å². The maximum Gasteiger partial charge on any atom is 0.162 e. The second kappa shape index (κ2) is 7.42. The van der Waals surface area contributed by atoms with Gasteiger partial charge in [-0.1, -0.05) is 38.3 Å². The summed E-state index contributed by atoms with van der Waals surface area (Å²) >= 11 is 6.00. The van der Waals surface area contributed by atoms with E-state index in [0.717, 1.165) is 12.8 Å². The summed E-state index contributed by atoms with van der Waals surface area (Å²) in [6.45, 7) is 4.39. The molecule has 1 aromatic rings. The number of methoxy groups -OCH3 is 1. The molecule has 1 rings (SSSR count). The molecule has 0 saturated heterocycles. The van der Waals surface area contributed by atoms with E-state index in [4.69, 9.17) is 16.3 Å². The van der Waals surface area contributed by atoms with Crippen LogP contribution in [-0.4, -0.2) is 12.9 Å². The zero-order chi connectivity index (χ0) is 13.5. The van der Waals surface area contributed by atoms with Crippen molar-refractivity contribution in [3.8, 4) is 5.75 Å². The molecule has 0 aromatic heterocycles. The van der Waals surface area contributed by atoms with Gasteiger partial charge in [0.1, 0.15) is 5.75 Å². The van der Waals surface area contributed by atoms with Crippen molar-refractivity contribution in [1.82, 2.24) is 0 Å². The Hall–Kier alpha value is -1.02. The fourth-order valence-electron chi connectivity index (χ4n) is 1.80. The van der Waals surface area contributed by atoms with E-state index in [0.29, 0.717) is 28.7 Å². The number of Topliss-reactive ketones (excluding diaryl/α,β-unsaturated/α-hetero) is 1. The van der Waals surface area contributed by atoms with Gasteiger partial charge in [0.05, 0.1) is 12.1 Å². The molecule has 1 unspecified atom stereocenters. The molecular formula is C15H21ClO2. The van der Waals surface area contributed by atoms with Crippen LogP contribution in [0.1, 0.15) is 49.9 Å². The van der Waals surface area contributed by atoms with Gasteiger partial charge in [-0.05, 0) is 30.5 Å². The molecule has 0 radical (unpaired) electrons. The predicted octanol–water partition coefficient (Wildman–Crippen LogP) is 4.75. The minimum absolute atomic E-state index is 0.155. The molecule has 1 atom stereocenters. The third-order valence-electron chi connectivity index (χ3n) is 3.27. The number of rotatable bonds is 7. The van der Waals surface area contributed by atoms with Crippen LogP contribution in [0.25, 0.3) is 0 Å². The molecule has 18 heavy (non-hydrogen) atoms. The Labute approximate surface area is 114 Å². The monoisotopic (exact) mass is 268 g/mol. The highest BCUT2D eigenvalue weighted by atomic mass is 35.5. The highest BCUT2D eigenvalue weighted by Gasteiger charge is 2.09. The molecule has 0 amide bonds. The fourth-order valence-corrected chi connectivity index (χ4v) is 2.06. The lowest BCUT2D eigenvalue weighted by Crippen LogP contribution is -2.01. The van der Waals surface area contributed by atoms with Gasteiger partial charge in [-0.3, -0.25) is 4.79 Å². The zero-order valence-corrected chi connectivity index (χ0v) is 12.1. The second-order valence-electron chi connectivity index (χ2n) is 4.68. The first-order valence-corrected chi connectivity index (χ1v) is 6.83. The smallest absolute Gasteiger partial charge is 0.162 e. The van der Waals surface area contributed by atoms with Crippen LogP contribution in [0.5, 0.6) is 5.75 Å². The molecule has 0 heterocycles. The molecule has 0 spiro atoms. The first kappa shape index (κ1) is 15.0. The standard InChI is InChI=1S/C15H21ClO2/c1-4-11(2)6-5-7-14(17)12-8-9-15(18-3)13(16)10-12/h8-11H,4-7H2,1-3H3. The van der Waals surface area contributed by atoms with Gasteiger partial charge in [0.2, 0.25) is 0 Å². The maximum atomic E-state index is 12.0.